The van der Waals surface area contributed by atoms with Gasteiger partial charge in [-0.05, 0) is 62.7 Å². The largest absolute Gasteiger partial charge is 0.293 e. The molecule has 0 atom stereocenters. The van der Waals surface area contributed by atoms with Crippen LogP contribution in [0.25, 0.3) is 82.9 Å². The van der Waals surface area contributed by atoms with Crippen LogP contribution < -0.4 is 0 Å². The van der Waals surface area contributed by atoms with Gasteiger partial charge in [-0.25, -0.2) is 9.97 Å². The summed E-state index contributed by atoms with van der Waals surface area (Å²) in [6.07, 6.45) is 6.06. The van der Waals surface area contributed by atoms with E-state index in [1.807, 2.05) is 0 Å². The van der Waals surface area contributed by atoms with Crippen LogP contribution in [0, 0.1) is 0 Å². The van der Waals surface area contributed by atoms with Crippen LogP contribution in [0.5, 0.6) is 0 Å². The van der Waals surface area contributed by atoms with E-state index in [1.165, 1.54) is 84.9 Å². The second-order valence-corrected chi connectivity index (χ2v) is 14.4. The predicted molar refractivity (Wildman–Crippen MR) is 212 cm³/mol. The van der Waals surface area contributed by atoms with Gasteiger partial charge in [-0.15, -0.1) is 0 Å². The Morgan fingerprint density at radius 1 is 0.529 bits per heavy atom. The predicted octanol–water partition coefficient (Wildman–Crippen LogP) is 12.4. The molecule has 3 heteroatoms. The van der Waals surface area contributed by atoms with Crippen LogP contribution in [0.4, 0.5) is 0 Å². The lowest BCUT2D eigenvalue weighted by atomic mass is 9.67. The third kappa shape index (κ3) is 4.06. The number of rotatable bonds is 3. The topological polar surface area (TPSA) is 30.7 Å². The number of fused-ring (bicyclic) bond motifs is 14. The average Bonchev–Trinajstić information content (AvgIpc) is 3.70. The summed E-state index contributed by atoms with van der Waals surface area (Å²) in [4.78, 5) is 10.7. The van der Waals surface area contributed by atoms with Crippen molar-refractivity contribution in [1.29, 1.82) is 0 Å². The maximum atomic E-state index is 5.49. The van der Waals surface area contributed by atoms with Gasteiger partial charge in [-0.2, -0.15) is 0 Å². The Hall–Kier alpha value is -6.06. The van der Waals surface area contributed by atoms with Gasteiger partial charge in [0.25, 0.3) is 0 Å². The molecule has 9 aromatic rings. The summed E-state index contributed by atoms with van der Waals surface area (Å²) >= 11 is 0. The highest BCUT2D eigenvalue weighted by Gasteiger charge is 2.47. The van der Waals surface area contributed by atoms with Crippen molar-refractivity contribution in [2.45, 2.75) is 37.5 Å². The molecule has 1 spiro atoms. The van der Waals surface area contributed by atoms with Crippen molar-refractivity contribution in [2.75, 3.05) is 0 Å². The zero-order valence-electron chi connectivity index (χ0n) is 28.3. The van der Waals surface area contributed by atoms with Gasteiger partial charge < -0.3 is 0 Å². The molecule has 51 heavy (non-hydrogen) atoms. The molecular weight excluding hydrogens is 619 g/mol. The smallest absolute Gasteiger partial charge is 0.162 e. The number of hydrogen-bond donors (Lipinski definition) is 0. The van der Waals surface area contributed by atoms with Gasteiger partial charge in [0.1, 0.15) is 5.82 Å². The van der Waals surface area contributed by atoms with Crippen LogP contribution in [-0.2, 0) is 5.41 Å². The maximum absolute atomic E-state index is 5.49. The first-order valence-corrected chi connectivity index (χ1v) is 18.3. The first-order chi connectivity index (χ1) is 25.3. The Morgan fingerprint density at radius 3 is 2.00 bits per heavy atom. The molecule has 2 aliphatic carbocycles. The zero-order valence-corrected chi connectivity index (χ0v) is 28.3. The van der Waals surface area contributed by atoms with Gasteiger partial charge in [-0.1, -0.05) is 159 Å². The summed E-state index contributed by atoms with van der Waals surface area (Å²) in [6, 6.07) is 55.2. The van der Waals surface area contributed by atoms with E-state index >= 15 is 0 Å². The van der Waals surface area contributed by atoms with Gasteiger partial charge in [0, 0.05) is 33.4 Å². The van der Waals surface area contributed by atoms with Crippen molar-refractivity contribution in [3.05, 3.63) is 163 Å². The molecule has 2 heterocycles. The van der Waals surface area contributed by atoms with Gasteiger partial charge >= 0.3 is 0 Å². The molecule has 7 aromatic carbocycles. The van der Waals surface area contributed by atoms with Crippen molar-refractivity contribution in [1.82, 2.24) is 14.5 Å². The minimum absolute atomic E-state index is 0.0636. The van der Waals surface area contributed by atoms with Crippen LogP contribution in [0.1, 0.15) is 43.2 Å². The summed E-state index contributed by atoms with van der Waals surface area (Å²) in [5.41, 5.74) is 11.2. The van der Waals surface area contributed by atoms with Crippen molar-refractivity contribution in [3.8, 4) is 39.6 Å². The van der Waals surface area contributed by atoms with Crippen LogP contribution in [0.2, 0.25) is 0 Å². The van der Waals surface area contributed by atoms with E-state index in [4.69, 9.17) is 9.97 Å². The van der Waals surface area contributed by atoms with Crippen molar-refractivity contribution < 1.29 is 0 Å². The Labute approximate surface area is 296 Å². The standard InChI is InChI=1S/C48H35N3/c1-4-17-32(18-5-1)39-30-41(50-47(49-39)33-19-6-2-7-20-33)51-40-27-26-31-16-8-9-21-34(31)43(40)44-36-23-11-10-22-35(36)42-37-24-12-13-25-38(37)48(45(42)46(44)51)28-14-3-15-29-48/h1-2,4-13,16-27,30H,3,14-15,28-29H2. The zero-order chi connectivity index (χ0) is 33.5. The number of aromatic nitrogens is 3. The lowest BCUT2D eigenvalue weighted by Crippen LogP contribution is -2.28. The first kappa shape index (κ1) is 28.7. The molecule has 2 aromatic heterocycles. The fraction of sp³-hybridized carbons (Fsp3) is 0.125. The molecule has 0 amide bonds. The van der Waals surface area contributed by atoms with E-state index < -0.39 is 0 Å². The van der Waals surface area contributed by atoms with Crippen molar-refractivity contribution in [2.24, 2.45) is 0 Å². The Kier molecular flexibility index (Phi) is 6.18. The lowest BCUT2D eigenvalue weighted by Gasteiger charge is -2.36. The minimum Gasteiger partial charge on any atom is -0.293 e. The van der Waals surface area contributed by atoms with Gasteiger partial charge in [0.05, 0.1) is 16.7 Å². The molecule has 1 saturated carbocycles. The summed E-state index contributed by atoms with van der Waals surface area (Å²) < 4.78 is 2.52. The van der Waals surface area contributed by atoms with E-state index in [2.05, 4.69) is 156 Å². The molecule has 2 aliphatic rings. The maximum Gasteiger partial charge on any atom is 0.162 e. The second-order valence-electron chi connectivity index (χ2n) is 14.4. The van der Waals surface area contributed by atoms with Crippen LogP contribution >= 0.6 is 0 Å². The average molecular weight is 654 g/mol. The molecule has 0 N–H and O–H groups in total. The molecular formula is C48H35N3. The number of hydrogen-bond acceptors (Lipinski definition) is 2. The highest BCUT2D eigenvalue weighted by Crippen LogP contribution is 2.61. The van der Waals surface area contributed by atoms with E-state index in [9.17, 15) is 0 Å². The monoisotopic (exact) mass is 653 g/mol. The van der Waals surface area contributed by atoms with E-state index in [1.54, 1.807) is 0 Å². The van der Waals surface area contributed by atoms with Gasteiger partial charge in [0.15, 0.2) is 5.82 Å². The molecule has 0 unspecified atom stereocenters. The normalized spacial score (nSPS) is 14.8. The Bertz CT molecular complexity index is 2770. The fourth-order valence-electron chi connectivity index (χ4n) is 9.66. The molecule has 0 saturated heterocycles. The summed E-state index contributed by atoms with van der Waals surface area (Å²) in [7, 11) is 0. The van der Waals surface area contributed by atoms with Gasteiger partial charge in [0.2, 0.25) is 0 Å². The fourth-order valence-corrected chi connectivity index (χ4v) is 9.66. The summed E-state index contributed by atoms with van der Waals surface area (Å²) in [6.45, 7) is 0. The SMILES string of the molecule is c1ccc(-c2cc(-n3c4ccc5ccccc5c4c4c5ccccc5c5c(c43)C3(CCCCC3)c3ccccc3-5)nc(-c3ccccc3)n2)cc1. The molecule has 0 aliphatic heterocycles. The van der Waals surface area contributed by atoms with Crippen molar-refractivity contribution in [3.63, 3.8) is 0 Å². The van der Waals surface area contributed by atoms with E-state index in [-0.39, 0.29) is 5.41 Å². The summed E-state index contributed by atoms with van der Waals surface area (Å²) in [5, 5.41) is 7.80. The molecule has 0 radical (unpaired) electrons. The minimum atomic E-state index is -0.0636. The van der Waals surface area contributed by atoms with E-state index in [0.29, 0.717) is 0 Å². The quantitative estimate of drug-likeness (QED) is 0.190. The van der Waals surface area contributed by atoms with Gasteiger partial charge in [-0.3, -0.25) is 4.57 Å². The Balaban J connectivity index is 1.39. The number of benzene rings is 7. The lowest BCUT2D eigenvalue weighted by molar-refractivity contribution is 0.354. The van der Waals surface area contributed by atoms with Crippen molar-refractivity contribution >= 4 is 43.4 Å². The van der Waals surface area contributed by atoms with Crippen LogP contribution in [0.3, 0.4) is 0 Å². The Morgan fingerprint density at radius 2 is 1.20 bits per heavy atom. The van der Waals surface area contributed by atoms with E-state index in [0.717, 1.165) is 41.3 Å². The third-order valence-corrected chi connectivity index (χ3v) is 11.8. The highest BCUT2D eigenvalue weighted by atomic mass is 15.1. The number of nitrogens with zero attached hydrogens (tertiary/aromatic N) is 3. The molecule has 242 valence electrons. The molecule has 3 nitrogen and oxygen atoms in total. The first-order valence-electron chi connectivity index (χ1n) is 18.3. The third-order valence-electron chi connectivity index (χ3n) is 11.8. The molecule has 0 bridgehead atoms. The summed E-state index contributed by atoms with van der Waals surface area (Å²) in [5.74, 6) is 1.63. The second kappa shape index (κ2) is 11.0. The van der Waals surface area contributed by atoms with Crippen LogP contribution in [-0.4, -0.2) is 14.5 Å². The molecule has 11 rings (SSSR count). The molecule has 1 fully saturated rings. The highest BCUT2D eigenvalue weighted by molar-refractivity contribution is 6.32. The van der Waals surface area contributed by atoms with Crippen LogP contribution in [0.15, 0.2) is 152 Å².